The number of hydrogen-bond donors (Lipinski definition) is 1. The molecule has 2 aromatic carbocycles. The summed E-state index contributed by atoms with van der Waals surface area (Å²) in [6, 6.07) is 10.3. The number of nitrogens with one attached hydrogen (secondary N) is 1. The van der Waals surface area contributed by atoms with Gasteiger partial charge in [0.1, 0.15) is 17.7 Å². The highest BCUT2D eigenvalue weighted by Gasteiger charge is 2.17. The summed E-state index contributed by atoms with van der Waals surface area (Å²) in [6.07, 6.45) is 0. The van der Waals surface area contributed by atoms with Crippen LogP contribution in [0.4, 0.5) is 14.5 Å². The maximum atomic E-state index is 13.7. The average molecular weight is 337 g/mol. The SMILES string of the molecule is CC(Nc1cc(Br)ccc1C#N)c1c(F)cccc1F. The van der Waals surface area contributed by atoms with Gasteiger partial charge in [-0.2, -0.15) is 5.26 Å². The van der Waals surface area contributed by atoms with E-state index in [0.717, 1.165) is 4.47 Å². The maximum Gasteiger partial charge on any atom is 0.131 e. The van der Waals surface area contributed by atoms with Gasteiger partial charge in [0.15, 0.2) is 0 Å². The fraction of sp³-hybridized carbons (Fsp3) is 0.133. The summed E-state index contributed by atoms with van der Waals surface area (Å²) < 4.78 is 28.2. The van der Waals surface area contributed by atoms with Gasteiger partial charge in [-0.15, -0.1) is 0 Å². The van der Waals surface area contributed by atoms with E-state index in [4.69, 9.17) is 5.26 Å². The van der Waals surface area contributed by atoms with Crippen LogP contribution in [0.3, 0.4) is 0 Å². The predicted octanol–water partition coefficient (Wildman–Crippen LogP) is 4.77. The number of nitrogens with zero attached hydrogens (tertiary/aromatic N) is 1. The third kappa shape index (κ3) is 2.97. The number of nitriles is 1. The Morgan fingerprint density at radius 2 is 1.85 bits per heavy atom. The quantitative estimate of drug-likeness (QED) is 0.876. The minimum atomic E-state index is -0.612. The summed E-state index contributed by atoms with van der Waals surface area (Å²) in [5.41, 5.74) is 0.894. The van der Waals surface area contributed by atoms with E-state index in [2.05, 4.69) is 21.2 Å². The first kappa shape index (κ1) is 14.5. The molecule has 1 atom stereocenters. The monoisotopic (exact) mass is 336 g/mol. The zero-order valence-electron chi connectivity index (χ0n) is 10.6. The molecule has 0 radical (unpaired) electrons. The molecule has 1 N–H and O–H groups in total. The molecular weight excluding hydrogens is 326 g/mol. The zero-order chi connectivity index (χ0) is 14.7. The van der Waals surface area contributed by atoms with Gasteiger partial charge in [-0.05, 0) is 37.3 Å². The molecule has 0 bridgehead atoms. The molecule has 20 heavy (non-hydrogen) atoms. The van der Waals surface area contributed by atoms with E-state index in [1.165, 1.54) is 18.2 Å². The Bertz CT molecular complexity index is 660. The molecule has 0 spiro atoms. The van der Waals surface area contributed by atoms with Crippen LogP contribution in [-0.4, -0.2) is 0 Å². The molecule has 1 unspecified atom stereocenters. The van der Waals surface area contributed by atoms with Crippen molar-refractivity contribution >= 4 is 21.6 Å². The van der Waals surface area contributed by atoms with Crippen LogP contribution in [0.2, 0.25) is 0 Å². The molecule has 0 amide bonds. The Balaban J connectivity index is 2.35. The van der Waals surface area contributed by atoms with Crippen LogP contribution in [0.5, 0.6) is 0 Å². The highest BCUT2D eigenvalue weighted by molar-refractivity contribution is 9.10. The minimum Gasteiger partial charge on any atom is -0.377 e. The molecule has 2 rings (SSSR count). The van der Waals surface area contributed by atoms with Crippen LogP contribution < -0.4 is 5.32 Å². The lowest BCUT2D eigenvalue weighted by Gasteiger charge is -2.18. The van der Waals surface area contributed by atoms with E-state index in [1.54, 1.807) is 25.1 Å². The molecule has 102 valence electrons. The fourth-order valence-electron chi connectivity index (χ4n) is 1.96. The molecule has 0 saturated heterocycles. The van der Waals surface area contributed by atoms with Crippen molar-refractivity contribution in [2.24, 2.45) is 0 Å². The van der Waals surface area contributed by atoms with Crippen LogP contribution in [0.25, 0.3) is 0 Å². The Kier molecular flexibility index (Phi) is 4.35. The summed E-state index contributed by atoms with van der Waals surface area (Å²) in [4.78, 5) is 0. The normalized spacial score (nSPS) is 11.8. The van der Waals surface area contributed by atoms with Crippen molar-refractivity contribution in [2.45, 2.75) is 13.0 Å². The van der Waals surface area contributed by atoms with Crippen molar-refractivity contribution in [1.29, 1.82) is 5.26 Å². The number of benzene rings is 2. The smallest absolute Gasteiger partial charge is 0.131 e. The fourth-order valence-corrected chi connectivity index (χ4v) is 2.32. The van der Waals surface area contributed by atoms with Crippen molar-refractivity contribution < 1.29 is 8.78 Å². The zero-order valence-corrected chi connectivity index (χ0v) is 12.2. The summed E-state index contributed by atoms with van der Waals surface area (Å²) >= 11 is 3.30. The number of hydrogen-bond acceptors (Lipinski definition) is 2. The molecule has 2 nitrogen and oxygen atoms in total. The molecule has 5 heteroatoms. The van der Waals surface area contributed by atoms with E-state index in [1.807, 2.05) is 6.07 Å². The van der Waals surface area contributed by atoms with Crippen LogP contribution in [0, 0.1) is 23.0 Å². The first-order valence-electron chi connectivity index (χ1n) is 5.93. The Morgan fingerprint density at radius 1 is 1.20 bits per heavy atom. The lowest BCUT2D eigenvalue weighted by atomic mass is 10.1. The van der Waals surface area contributed by atoms with Gasteiger partial charge in [-0.25, -0.2) is 8.78 Å². The third-order valence-corrected chi connectivity index (χ3v) is 3.40. The van der Waals surface area contributed by atoms with Crippen molar-refractivity contribution in [2.75, 3.05) is 5.32 Å². The Labute approximate surface area is 124 Å². The molecular formula is C15H11BrF2N2. The van der Waals surface area contributed by atoms with Gasteiger partial charge < -0.3 is 5.32 Å². The second-order valence-corrected chi connectivity index (χ2v) is 5.22. The van der Waals surface area contributed by atoms with Gasteiger partial charge in [0.25, 0.3) is 0 Å². The molecule has 0 fully saturated rings. The summed E-state index contributed by atoms with van der Waals surface area (Å²) in [7, 11) is 0. The molecule has 0 aliphatic heterocycles. The van der Waals surface area contributed by atoms with E-state index < -0.39 is 17.7 Å². The lowest BCUT2D eigenvalue weighted by molar-refractivity contribution is 0.544. The van der Waals surface area contributed by atoms with E-state index in [0.29, 0.717) is 11.3 Å². The van der Waals surface area contributed by atoms with Gasteiger partial charge in [-0.1, -0.05) is 22.0 Å². The van der Waals surface area contributed by atoms with Crippen molar-refractivity contribution in [1.82, 2.24) is 0 Å². The van der Waals surface area contributed by atoms with Crippen molar-refractivity contribution in [3.05, 3.63) is 63.6 Å². The number of anilines is 1. The van der Waals surface area contributed by atoms with Gasteiger partial charge in [0, 0.05) is 10.0 Å². The van der Waals surface area contributed by atoms with Gasteiger partial charge in [0.05, 0.1) is 17.3 Å². The molecule has 0 saturated carbocycles. The number of halogens is 3. The van der Waals surface area contributed by atoms with Crippen molar-refractivity contribution in [3.63, 3.8) is 0 Å². The summed E-state index contributed by atoms with van der Waals surface area (Å²) in [5.74, 6) is -1.22. The number of rotatable bonds is 3. The lowest BCUT2D eigenvalue weighted by Crippen LogP contribution is -2.11. The van der Waals surface area contributed by atoms with Crippen LogP contribution >= 0.6 is 15.9 Å². The van der Waals surface area contributed by atoms with E-state index >= 15 is 0 Å². The van der Waals surface area contributed by atoms with Crippen LogP contribution in [-0.2, 0) is 0 Å². The topological polar surface area (TPSA) is 35.8 Å². The van der Waals surface area contributed by atoms with E-state index in [-0.39, 0.29) is 5.56 Å². The van der Waals surface area contributed by atoms with Gasteiger partial charge >= 0.3 is 0 Å². The Morgan fingerprint density at radius 3 is 2.45 bits per heavy atom. The second kappa shape index (κ2) is 6.02. The molecule has 2 aromatic rings. The molecule has 0 aromatic heterocycles. The average Bonchev–Trinajstić information content (AvgIpc) is 2.38. The van der Waals surface area contributed by atoms with Crippen molar-refractivity contribution in [3.8, 4) is 6.07 Å². The summed E-state index contributed by atoms with van der Waals surface area (Å²) in [5, 5.41) is 12.0. The Hall–Kier alpha value is -1.93. The van der Waals surface area contributed by atoms with Crippen LogP contribution in [0.1, 0.15) is 24.1 Å². The van der Waals surface area contributed by atoms with Gasteiger partial charge in [-0.3, -0.25) is 0 Å². The third-order valence-electron chi connectivity index (χ3n) is 2.91. The van der Waals surface area contributed by atoms with Gasteiger partial charge in [0.2, 0.25) is 0 Å². The minimum absolute atomic E-state index is 0.0450. The predicted molar refractivity (Wildman–Crippen MR) is 77.3 cm³/mol. The molecule has 0 heterocycles. The van der Waals surface area contributed by atoms with E-state index in [9.17, 15) is 8.78 Å². The summed E-state index contributed by atoms with van der Waals surface area (Å²) in [6.45, 7) is 1.64. The second-order valence-electron chi connectivity index (χ2n) is 4.30. The first-order valence-corrected chi connectivity index (χ1v) is 6.72. The molecule has 0 aliphatic carbocycles. The largest absolute Gasteiger partial charge is 0.377 e. The maximum absolute atomic E-state index is 13.7. The standard InChI is InChI=1S/C15H11BrF2N2/c1-9(15-12(17)3-2-4-13(15)18)20-14-7-11(16)6-5-10(14)8-19/h2-7,9,20H,1H3. The highest BCUT2D eigenvalue weighted by atomic mass is 79.9. The first-order chi connectivity index (χ1) is 9.52. The highest BCUT2D eigenvalue weighted by Crippen LogP contribution is 2.27. The molecule has 0 aliphatic rings. The van der Waals surface area contributed by atoms with Crippen LogP contribution in [0.15, 0.2) is 40.9 Å².